The van der Waals surface area contributed by atoms with E-state index in [1.165, 1.54) is 12.8 Å². The van der Waals surface area contributed by atoms with Crippen molar-refractivity contribution in [2.45, 2.75) is 45.8 Å². The van der Waals surface area contributed by atoms with Crippen molar-refractivity contribution in [2.24, 2.45) is 5.92 Å². The minimum absolute atomic E-state index is 0.0332. The first kappa shape index (κ1) is 17.4. The van der Waals surface area contributed by atoms with Crippen molar-refractivity contribution >= 4 is 12.0 Å². The van der Waals surface area contributed by atoms with E-state index in [0.717, 1.165) is 5.56 Å². The van der Waals surface area contributed by atoms with Crippen LogP contribution < -0.4 is 9.47 Å². The van der Waals surface area contributed by atoms with Crippen LogP contribution in [0.2, 0.25) is 0 Å². The number of benzene rings is 1. The summed E-state index contributed by atoms with van der Waals surface area (Å²) in [7, 11) is 3.49. The maximum Gasteiger partial charge on any atom is 0.246 e. The Morgan fingerprint density at radius 1 is 1.26 bits per heavy atom. The van der Waals surface area contributed by atoms with Gasteiger partial charge in [-0.15, -0.1) is 0 Å². The summed E-state index contributed by atoms with van der Waals surface area (Å²) in [6.45, 7) is 6.07. The van der Waals surface area contributed by atoms with Crippen LogP contribution in [0.5, 0.6) is 11.5 Å². The maximum absolute atomic E-state index is 12.2. The van der Waals surface area contributed by atoms with E-state index >= 15 is 0 Å². The van der Waals surface area contributed by atoms with Crippen molar-refractivity contribution in [3.05, 3.63) is 29.8 Å². The lowest BCUT2D eigenvalue weighted by atomic mass is 10.1. The lowest BCUT2D eigenvalue weighted by molar-refractivity contribution is -0.126. The summed E-state index contributed by atoms with van der Waals surface area (Å²) in [5, 5.41) is 0. The Balaban J connectivity index is 2.05. The predicted octanol–water partition coefficient (Wildman–Crippen LogP) is 3.75. The first-order valence-corrected chi connectivity index (χ1v) is 8.22. The first-order valence-electron chi connectivity index (χ1n) is 8.22. The molecule has 126 valence electrons. The quantitative estimate of drug-likeness (QED) is 0.719. The molecule has 0 saturated heterocycles. The number of carbonyl (C=O) groups is 1. The monoisotopic (exact) mass is 317 g/mol. The van der Waals surface area contributed by atoms with E-state index in [1.807, 2.05) is 50.1 Å². The van der Waals surface area contributed by atoms with Gasteiger partial charge in [0.15, 0.2) is 11.5 Å². The Bertz CT molecular complexity index is 576. The van der Waals surface area contributed by atoms with Crippen LogP contribution in [-0.2, 0) is 4.79 Å². The fourth-order valence-electron chi connectivity index (χ4n) is 2.52. The highest BCUT2D eigenvalue weighted by Gasteiger charge is 2.31. The van der Waals surface area contributed by atoms with Crippen LogP contribution in [0.15, 0.2) is 24.3 Å². The van der Waals surface area contributed by atoms with Gasteiger partial charge in [-0.25, -0.2) is 0 Å². The van der Waals surface area contributed by atoms with Gasteiger partial charge in [-0.1, -0.05) is 6.07 Å². The van der Waals surface area contributed by atoms with Crippen molar-refractivity contribution < 1.29 is 14.3 Å². The number of amides is 1. The molecule has 1 aromatic rings. The number of nitrogens with zero attached hydrogens (tertiary/aromatic N) is 1. The smallest absolute Gasteiger partial charge is 0.246 e. The summed E-state index contributed by atoms with van der Waals surface area (Å²) in [4.78, 5) is 14.1. The molecule has 2 rings (SSSR count). The van der Waals surface area contributed by atoms with Gasteiger partial charge in [0.1, 0.15) is 0 Å². The zero-order valence-electron chi connectivity index (χ0n) is 14.7. The first-order chi connectivity index (χ1) is 10.9. The fraction of sp³-hybridized carbons (Fsp3) is 0.526. The van der Waals surface area contributed by atoms with Gasteiger partial charge in [0.05, 0.1) is 13.2 Å². The fourth-order valence-corrected chi connectivity index (χ4v) is 2.52. The normalized spacial score (nSPS) is 15.7. The minimum Gasteiger partial charge on any atom is -0.493 e. The van der Waals surface area contributed by atoms with Crippen molar-refractivity contribution in [1.82, 2.24) is 4.90 Å². The molecule has 1 saturated carbocycles. The van der Waals surface area contributed by atoms with Gasteiger partial charge in [0.2, 0.25) is 5.91 Å². The molecule has 0 N–H and O–H groups in total. The van der Waals surface area contributed by atoms with Crippen LogP contribution in [0.3, 0.4) is 0 Å². The molecule has 0 radical (unpaired) electrons. The second kappa shape index (κ2) is 7.53. The van der Waals surface area contributed by atoms with Gasteiger partial charge >= 0.3 is 0 Å². The van der Waals surface area contributed by atoms with Gasteiger partial charge in [-0.3, -0.25) is 4.79 Å². The zero-order valence-corrected chi connectivity index (χ0v) is 14.7. The lowest BCUT2D eigenvalue weighted by Crippen LogP contribution is -2.35. The highest BCUT2D eigenvalue weighted by molar-refractivity contribution is 5.91. The molecule has 0 spiro atoms. The van der Waals surface area contributed by atoms with Crippen LogP contribution in [0, 0.1) is 5.92 Å². The Labute approximate surface area is 139 Å². The minimum atomic E-state index is 0.0332. The summed E-state index contributed by atoms with van der Waals surface area (Å²) < 4.78 is 11.1. The summed E-state index contributed by atoms with van der Waals surface area (Å²) >= 11 is 0. The Kier molecular flexibility index (Phi) is 5.69. The molecule has 0 aromatic heterocycles. The SMILES string of the molecule is COc1cc(/C=C\C(=O)N(C)C(C)C2CC2)ccc1OC(C)C. The lowest BCUT2D eigenvalue weighted by Gasteiger charge is -2.23. The molecule has 1 aliphatic rings. The van der Waals surface area contributed by atoms with E-state index in [1.54, 1.807) is 13.2 Å². The van der Waals surface area contributed by atoms with Gasteiger partial charge in [0, 0.05) is 19.2 Å². The molecule has 1 fully saturated rings. The van der Waals surface area contributed by atoms with Crippen molar-refractivity contribution in [3.63, 3.8) is 0 Å². The molecular weight excluding hydrogens is 290 g/mol. The average Bonchev–Trinajstić information content (AvgIpc) is 3.36. The average molecular weight is 317 g/mol. The highest BCUT2D eigenvalue weighted by atomic mass is 16.5. The molecule has 1 unspecified atom stereocenters. The number of likely N-dealkylation sites (N-methyl/N-ethyl adjacent to an activating group) is 1. The topological polar surface area (TPSA) is 38.8 Å². The molecule has 1 amide bonds. The standard InChI is InChI=1S/C19H27NO3/c1-13(2)23-17-10-6-15(12-18(17)22-5)7-11-19(21)20(4)14(3)16-8-9-16/h6-7,10-14,16H,8-9H2,1-5H3/b11-7-. The third-order valence-corrected chi connectivity index (χ3v) is 4.23. The second-order valence-electron chi connectivity index (χ2n) is 6.44. The number of methoxy groups -OCH3 is 1. The van der Waals surface area contributed by atoms with E-state index in [-0.39, 0.29) is 12.0 Å². The molecular formula is C19H27NO3. The summed E-state index contributed by atoms with van der Waals surface area (Å²) in [6, 6.07) is 5.99. The van der Waals surface area contributed by atoms with Gasteiger partial charge in [-0.05, 0) is 63.3 Å². The van der Waals surface area contributed by atoms with Crippen molar-refractivity contribution in [1.29, 1.82) is 0 Å². The van der Waals surface area contributed by atoms with Crippen LogP contribution >= 0.6 is 0 Å². The molecule has 0 bridgehead atoms. The van der Waals surface area contributed by atoms with Gasteiger partial charge < -0.3 is 14.4 Å². The van der Waals surface area contributed by atoms with Crippen LogP contribution in [-0.4, -0.2) is 37.1 Å². The van der Waals surface area contributed by atoms with Crippen molar-refractivity contribution in [3.8, 4) is 11.5 Å². The zero-order chi connectivity index (χ0) is 17.0. The Hall–Kier alpha value is -1.97. The van der Waals surface area contributed by atoms with E-state index in [4.69, 9.17) is 9.47 Å². The molecule has 4 heteroatoms. The van der Waals surface area contributed by atoms with E-state index in [2.05, 4.69) is 6.92 Å². The summed E-state index contributed by atoms with van der Waals surface area (Å²) in [6.07, 6.45) is 5.99. The molecule has 1 aromatic carbocycles. The molecule has 1 aliphatic carbocycles. The van der Waals surface area contributed by atoms with Crippen LogP contribution in [0.1, 0.15) is 39.2 Å². The summed E-state index contributed by atoms with van der Waals surface area (Å²) in [5.41, 5.74) is 0.916. The van der Waals surface area contributed by atoms with Crippen molar-refractivity contribution in [2.75, 3.05) is 14.2 Å². The number of ether oxygens (including phenoxy) is 2. The van der Waals surface area contributed by atoms with Crippen LogP contribution in [0.25, 0.3) is 6.08 Å². The second-order valence-corrected chi connectivity index (χ2v) is 6.44. The molecule has 0 heterocycles. The highest BCUT2D eigenvalue weighted by Crippen LogP contribution is 2.34. The molecule has 1 atom stereocenters. The van der Waals surface area contributed by atoms with E-state index in [0.29, 0.717) is 23.5 Å². The van der Waals surface area contributed by atoms with E-state index < -0.39 is 0 Å². The Morgan fingerprint density at radius 2 is 1.96 bits per heavy atom. The number of hydrogen-bond acceptors (Lipinski definition) is 3. The predicted molar refractivity (Wildman–Crippen MR) is 92.7 cm³/mol. The third-order valence-electron chi connectivity index (χ3n) is 4.23. The molecule has 23 heavy (non-hydrogen) atoms. The van der Waals surface area contributed by atoms with Crippen LogP contribution in [0.4, 0.5) is 0 Å². The maximum atomic E-state index is 12.2. The largest absolute Gasteiger partial charge is 0.493 e. The Morgan fingerprint density at radius 3 is 2.52 bits per heavy atom. The third kappa shape index (κ3) is 4.75. The summed E-state index contributed by atoms with van der Waals surface area (Å²) in [5.74, 6) is 2.09. The number of carbonyl (C=O) groups excluding carboxylic acids is 1. The van der Waals surface area contributed by atoms with E-state index in [9.17, 15) is 4.79 Å². The number of rotatable bonds is 7. The van der Waals surface area contributed by atoms with Gasteiger partial charge in [-0.2, -0.15) is 0 Å². The number of hydrogen-bond donors (Lipinski definition) is 0. The molecule has 4 nitrogen and oxygen atoms in total. The molecule has 0 aliphatic heterocycles. The van der Waals surface area contributed by atoms with Gasteiger partial charge in [0.25, 0.3) is 0 Å².